The lowest BCUT2D eigenvalue weighted by Crippen LogP contribution is -2.35. The molecule has 4 heteroatoms. The van der Waals surface area contributed by atoms with Crippen LogP contribution in [0.1, 0.15) is 22.8 Å². The average Bonchev–Trinajstić information content (AvgIpc) is 2.45. The maximum atomic E-state index is 12.5. The zero-order valence-corrected chi connectivity index (χ0v) is 14.4. The lowest BCUT2D eigenvalue weighted by Gasteiger charge is -2.23. The number of benzene rings is 2. The number of carbonyl (C=O) groups excluding carboxylic acids is 1. The fourth-order valence-electron chi connectivity index (χ4n) is 2.14. The zero-order chi connectivity index (χ0) is 15.4. The molecule has 0 aliphatic heterocycles. The molecule has 0 radical (unpaired) electrons. The van der Waals surface area contributed by atoms with Gasteiger partial charge in [-0.1, -0.05) is 51.8 Å². The van der Waals surface area contributed by atoms with Crippen molar-refractivity contribution in [2.24, 2.45) is 0 Å². The van der Waals surface area contributed by atoms with Crippen molar-refractivity contribution in [3.8, 4) is 0 Å². The summed E-state index contributed by atoms with van der Waals surface area (Å²) in [5.41, 5.74) is 1.81. The van der Waals surface area contributed by atoms with Gasteiger partial charge in [-0.2, -0.15) is 0 Å². The van der Waals surface area contributed by atoms with Gasteiger partial charge in [0.15, 0.2) is 5.78 Å². The third-order valence-electron chi connectivity index (χ3n) is 3.47. The Morgan fingerprint density at radius 3 is 2.62 bits per heavy atom. The second-order valence-corrected chi connectivity index (χ2v) is 6.45. The first-order valence-corrected chi connectivity index (χ1v) is 7.89. The molecule has 0 saturated heterocycles. The highest BCUT2D eigenvalue weighted by Gasteiger charge is 2.19. The molecule has 0 amide bonds. The molecular formula is C17H17BrClNO. The van der Waals surface area contributed by atoms with E-state index >= 15 is 0 Å². The van der Waals surface area contributed by atoms with Crippen LogP contribution >= 0.6 is 27.5 Å². The Bertz CT molecular complexity index is 644. The molecule has 1 atom stereocenters. The van der Waals surface area contributed by atoms with Crippen molar-refractivity contribution in [1.82, 2.24) is 4.90 Å². The summed E-state index contributed by atoms with van der Waals surface area (Å²) in [5, 5.41) is 0.586. The standard InChI is InChI=1S/C17H17BrClNO/c1-12(17(21)14-6-4-8-16(19)10-14)20(2)11-13-5-3-7-15(18)9-13/h3-10,12H,11H2,1-2H3. The minimum atomic E-state index is -0.206. The van der Waals surface area contributed by atoms with Crippen molar-refractivity contribution in [2.75, 3.05) is 7.05 Å². The van der Waals surface area contributed by atoms with Crippen molar-refractivity contribution in [3.05, 3.63) is 69.2 Å². The number of carbonyl (C=O) groups is 1. The highest BCUT2D eigenvalue weighted by molar-refractivity contribution is 9.10. The Morgan fingerprint density at radius 1 is 1.24 bits per heavy atom. The fraction of sp³-hybridized carbons (Fsp3) is 0.235. The Morgan fingerprint density at radius 2 is 1.95 bits per heavy atom. The first kappa shape index (κ1) is 16.2. The molecule has 21 heavy (non-hydrogen) atoms. The van der Waals surface area contributed by atoms with Crippen LogP contribution in [0.5, 0.6) is 0 Å². The molecule has 2 nitrogen and oxygen atoms in total. The third kappa shape index (κ3) is 4.40. The number of hydrogen-bond donors (Lipinski definition) is 0. The molecule has 0 aliphatic carbocycles. The summed E-state index contributed by atoms with van der Waals surface area (Å²) in [5.74, 6) is 0.0787. The molecule has 2 aromatic rings. The molecule has 0 N–H and O–H groups in total. The molecule has 1 unspecified atom stereocenters. The summed E-state index contributed by atoms with van der Waals surface area (Å²) in [7, 11) is 1.95. The lowest BCUT2D eigenvalue weighted by atomic mass is 10.0. The Kier molecular flexibility index (Phi) is 5.57. The molecule has 0 spiro atoms. The molecule has 0 bridgehead atoms. The quantitative estimate of drug-likeness (QED) is 0.708. The summed E-state index contributed by atoms with van der Waals surface area (Å²) in [6.07, 6.45) is 0. The van der Waals surface area contributed by atoms with Crippen molar-refractivity contribution >= 4 is 33.3 Å². The molecule has 0 saturated carbocycles. The second kappa shape index (κ2) is 7.21. The van der Waals surface area contributed by atoms with Crippen molar-refractivity contribution in [3.63, 3.8) is 0 Å². The lowest BCUT2D eigenvalue weighted by molar-refractivity contribution is 0.0862. The summed E-state index contributed by atoms with van der Waals surface area (Å²) in [6, 6.07) is 15.0. The highest BCUT2D eigenvalue weighted by Crippen LogP contribution is 2.17. The predicted molar refractivity (Wildman–Crippen MR) is 90.9 cm³/mol. The van der Waals surface area contributed by atoms with Gasteiger partial charge in [-0.15, -0.1) is 0 Å². The number of nitrogens with zero attached hydrogens (tertiary/aromatic N) is 1. The van der Waals surface area contributed by atoms with E-state index in [4.69, 9.17) is 11.6 Å². The first-order chi connectivity index (χ1) is 9.97. The summed E-state index contributed by atoms with van der Waals surface area (Å²) in [6.45, 7) is 2.63. The van der Waals surface area contributed by atoms with E-state index in [1.807, 2.05) is 31.0 Å². The average molecular weight is 367 g/mol. The van der Waals surface area contributed by atoms with Gasteiger partial charge in [0.05, 0.1) is 6.04 Å². The van der Waals surface area contributed by atoms with Gasteiger partial charge in [0.2, 0.25) is 0 Å². The molecule has 0 aromatic heterocycles. The van der Waals surface area contributed by atoms with Crippen LogP contribution in [0.15, 0.2) is 53.0 Å². The largest absolute Gasteiger partial charge is 0.292 e. The monoisotopic (exact) mass is 365 g/mol. The minimum Gasteiger partial charge on any atom is -0.292 e. The molecule has 2 rings (SSSR count). The molecular weight excluding hydrogens is 350 g/mol. The Hall–Kier alpha value is -1.16. The van der Waals surface area contributed by atoms with Crippen LogP contribution in [0, 0.1) is 0 Å². The van der Waals surface area contributed by atoms with Crippen molar-refractivity contribution < 1.29 is 4.79 Å². The number of halogens is 2. The van der Waals surface area contributed by atoms with Crippen LogP contribution in [0.2, 0.25) is 5.02 Å². The predicted octanol–water partition coefficient (Wildman–Crippen LogP) is 4.81. The normalized spacial score (nSPS) is 12.4. The topological polar surface area (TPSA) is 20.3 Å². The summed E-state index contributed by atoms with van der Waals surface area (Å²) >= 11 is 9.41. The molecule has 0 aliphatic rings. The number of rotatable bonds is 5. The van der Waals surface area contributed by atoms with Crippen molar-refractivity contribution in [1.29, 1.82) is 0 Å². The van der Waals surface area contributed by atoms with E-state index in [1.54, 1.807) is 24.3 Å². The van der Waals surface area contributed by atoms with Crippen LogP contribution in [-0.2, 0) is 6.54 Å². The van der Waals surface area contributed by atoms with E-state index in [0.717, 1.165) is 10.0 Å². The van der Waals surface area contributed by atoms with Crippen LogP contribution in [0.3, 0.4) is 0 Å². The Labute approximate surface area is 138 Å². The van der Waals surface area contributed by atoms with E-state index in [1.165, 1.54) is 0 Å². The fourth-order valence-corrected chi connectivity index (χ4v) is 2.78. The zero-order valence-electron chi connectivity index (χ0n) is 12.0. The number of hydrogen-bond acceptors (Lipinski definition) is 2. The van der Waals surface area contributed by atoms with Gasteiger partial charge in [0.25, 0.3) is 0 Å². The smallest absolute Gasteiger partial charge is 0.179 e. The number of ketones is 1. The maximum absolute atomic E-state index is 12.5. The van der Waals surface area contributed by atoms with Gasteiger partial charge < -0.3 is 0 Å². The number of likely N-dealkylation sites (N-methyl/N-ethyl adjacent to an activating group) is 1. The summed E-state index contributed by atoms with van der Waals surface area (Å²) < 4.78 is 1.04. The second-order valence-electron chi connectivity index (χ2n) is 5.10. The van der Waals surface area contributed by atoms with Gasteiger partial charge in [0.1, 0.15) is 0 Å². The number of Topliss-reactive ketones (excluding diaryl/α,β-unsaturated/α-hetero) is 1. The van der Waals surface area contributed by atoms with Gasteiger partial charge in [0, 0.05) is 21.6 Å². The van der Waals surface area contributed by atoms with Gasteiger partial charge >= 0.3 is 0 Å². The third-order valence-corrected chi connectivity index (χ3v) is 4.20. The molecule has 2 aromatic carbocycles. The van der Waals surface area contributed by atoms with Crippen LogP contribution in [0.25, 0.3) is 0 Å². The molecule has 0 fully saturated rings. The minimum absolute atomic E-state index is 0.0787. The first-order valence-electron chi connectivity index (χ1n) is 6.72. The van der Waals surface area contributed by atoms with E-state index in [9.17, 15) is 4.79 Å². The van der Waals surface area contributed by atoms with E-state index in [0.29, 0.717) is 17.1 Å². The van der Waals surface area contributed by atoms with Crippen LogP contribution in [0.4, 0.5) is 0 Å². The van der Waals surface area contributed by atoms with E-state index < -0.39 is 0 Å². The Balaban J connectivity index is 2.08. The van der Waals surface area contributed by atoms with Crippen LogP contribution in [-0.4, -0.2) is 23.8 Å². The molecule has 0 heterocycles. The van der Waals surface area contributed by atoms with Gasteiger partial charge in [-0.3, -0.25) is 9.69 Å². The van der Waals surface area contributed by atoms with E-state index in [-0.39, 0.29) is 11.8 Å². The summed E-state index contributed by atoms with van der Waals surface area (Å²) in [4.78, 5) is 14.5. The maximum Gasteiger partial charge on any atom is 0.179 e. The highest BCUT2D eigenvalue weighted by atomic mass is 79.9. The van der Waals surface area contributed by atoms with Crippen molar-refractivity contribution in [2.45, 2.75) is 19.5 Å². The molecule has 110 valence electrons. The van der Waals surface area contributed by atoms with Gasteiger partial charge in [-0.25, -0.2) is 0 Å². The van der Waals surface area contributed by atoms with Gasteiger partial charge in [-0.05, 0) is 43.8 Å². The SMILES string of the molecule is CC(C(=O)c1cccc(Cl)c1)N(C)Cc1cccc(Br)c1. The van der Waals surface area contributed by atoms with Crippen LogP contribution < -0.4 is 0 Å². The van der Waals surface area contributed by atoms with E-state index in [2.05, 4.69) is 28.1 Å².